The zero-order chi connectivity index (χ0) is 11.9. The number of ketones is 1. The minimum absolute atomic E-state index is 0.0320. The molecule has 2 aromatic rings. The number of Topliss-reactive ketones (excluding diaryl/α,β-unsaturated/α-hetero) is 1. The Bertz CT molecular complexity index is 554. The lowest BCUT2D eigenvalue weighted by Crippen LogP contribution is -2.06. The lowest BCUT2D eigenvalue weighted by molar-refractivity contribution is 0.0941. The van der Waals surface area contributed by atoms with Crippen LogP contribution in [0.15, 0.2) is 28.9 Å². The average Bonchev–Trinajstić information content (AvgIpc) is 2.54. The molecule has 0 aliphatic rings. The summed E-state index contributed by atoms with van der Waals surface area (Å²) in [5, 5.41) is 1.02. The maximum atomic E-state index is 12.1. The lowest BCUT2D eigenvalue weighted by atomic mass is 10.0. The SMILES string of the molecule is CC(C)C(=O)c1cn(C)c2ccc(Br)cc12. The number of fused-ring (bicyclic) bond motifs is 1. The highest BCUT2D eigenvalue weighted by Crippen LogP contribution is 2.26. The predicted octanol–water partition coefficient (Wildman–Crippen LogP) is 3.78. The van der Waals surface area contributed by atoms with E-state index in [2.05, 4.69) is 15.9 Å². The number of halogens is 1. The van der Waals surface area contributed by atoms with E-state index in [1.807, 2.05) is 49.9 Å². The maximum Gasteiger partial charge on any atom is 0.167 e. The molecule has 0 N–H and O–H groups in total. The second kappa shape index (κ2) is 4.06. The van der Waals surface area contributed by atoms with E-state index in [1.54, 1.807) is 0 Å². The summed E-state index contributed by atoms with van der Waals surface area (Å²) in [6.07, 6.45) is 1.92. The summed E-state index contributed by atoms with van der Waals surface area (Å²) in [7, 11) is 1.97. The van der Waals surface area contributed by atoms with Gasteiger partial charge in [0.25, 0.3) is 0 Å². The normalized spacial score (nSPS) is 11.3. The quantitative estimate of drug-likeness (QED) is 0.767. The van der Waals surface area contributed by atoms with Gasteiger partial charge in [-0.1, -0.05) is 29.8 Å². The van der Waals surface area contributed by atoms with Crippen molar-refractivity contribution in [2.45, 2.75) is 13.8 Å². The third-order valence-electron chi connectivity index (χ3n) is 2.74. The van der Waals surface area contributed by atoms with Crippen molar-refractivity contribution in [1.29, 1.82) is 0 Å². The van der Waals surface area contributed by atoms with Crippen LogP contribution in [0.3, 0.4) is 0 Å². The number of carbonyl (C=O) groups excluding carboxylic acids is 1. The Morgan fingerprint density at radius 3 is 2.69 bits per heavy atom. The van der Waals surface area contributed by atoms with Crippen LogP contribution >= 0.6 is 15.9 Å². The number of hydrogen-bond donors (Lipinski definition) is 0. The van der Waals surface area contributed by atoms with Crippen LogP contribution < -0.4 is 0 Å². The van der Waals surface area contributed by atoms with Gasteiger partial charge in [0.1, 0.15) is 0 Å². The molecule has 0 radical (unpaired) electrons. The fourth-order valence-electron chi connectivity index (χ4n) is 1.87. The molecule has 0 spiro atoms. The van der Waals surface area contributed by atoms with Gasteiger partial charge in [0.2, 0.25) is 0 Å². The average molecular weight is 280 g/mol. The summed E-state index contributed by atoms with van der Waals surface area (Å²) >= 11 is 3.44. The van der Waals surface area contributed by atoms with Crippen LogP contribution in [0.25, 0.3) is 10.9 Å². The van der Waals surface area contributed by atoms with E-state index < -0.39 is 0 Å². The van der Waals surface area contributed by atoms with Gasteiger partial charge in [0.05, 0.1) is 0 Å². The van der Waals surface area contributed by atoms with Crippen molar-refractivity contribution in [3.05, 3.63) is 34.4 Å². The fraction of sp³-hybridized carbons (Fsp3) is 0.308. The van der Waals surface area contributed by atoms with Gasteiger partial charge in [-0.2, -0.15) is 0 Å². The monoisotopic (exact) mass is 279 g/mol. The maximum absolute atomic E-state index is 12.1. The summed E-state index contributed by atoms with van der Waals surface area (Å²) in [4.78, 5) is 12.1. The third kappa shape index (κ3) is 1.80. The number of benzene rings is 1. The molecule has 0 saturated carbocycles. The molecule has 0 fully saturated rings. The molecule has 1 aromatic carbocycles. The Labute approximate surface area is 103 Å². The summed E-state index contributed by atoms with van der Waals surface area (Å²) in [6.45, 7) is 3.86. The van der Waals surface area contributed by atoms with Gasteiger partial charge >= 0.3 is 0 Å². The molecule has 0 unspecified atom stereocenters. The molecule has 0 atom stereocenters. The van der Waals surface area contributed by atoms with Gasteiger partial charge in [-0.15, -0.1) is 0 Å². The van der Waals surface area contributed by atoms with Crippen molar-refractivity contribution in [3.63, 3.8) is 0 Å². The first kappa shape index (κ1) is 11.4. The van der Waals surface area contributed by atoms with E-state index in [4.69, 9.17) is 0 Å². The van der Waals surface area contributed by atoms with Gasteiger partial charge < -0.3 is 4.57 Å². The summed E-state index contributed by atoms with van der Waals surface area (Å²) in [5.74, 6) is 0.230. The first-order valence-corrected chi connectivity index (χ1v) is 6.09. The molecule has 84 valence electrons. The predicted molar refractivity (Wildman–Crippen MR) is 69.8 cm³/mol. The number of carbonyl (C=O) groups is 1. The second-order valence-corrected chi connectivity index (χ2v) is 5.25. The number of rotatable bonds is 2. The zero-order valence-electron chi connectivity index (χ0n) is 9.62. The molecule has 1 aromatic heterocycles. The molecule has 0 bridgehead atoms. The van der Waals surface area contributed by atoms with Gasteiger partial charge in [0.15, 0.2) is 5.78 Å². The Balaban J connectivity index is 2.71. The van der Waals surface area contributed by atoms with Crippen LogP contribution in [0.5, 0.6) is 0 Å². The molecule has 16 heavy (non-hydrogen) atoms. The molecule has 0 aliphatic heterocycles. The van der Waals surface area contributed by atoms with Crippen LogP contribution in [0.1, 0.15) is 24.2 Å². The number of hydrogen-bond acceptors (Lipinski definition) is 1. The molecule has 3 heteroatoms. The van der Waals surface area contributed by atoms with Crippen LogP contribution in [0.4, 0.5) is 0 Å². The van der Waals surface area contributed by atoms with Crippen molar-refractivity contribution in [1.82, 2.24) is 4.57 Å². The molecular formula is C13H14BrNO. The Kier molecular flexibility index (Phi) is 2.89. The summed E-state index contributed by atoms with van der Waals surface area (Å²) in [6, 6.07) is 6.02. The highest BCUT2D eigenvalue weighted by molar-refractivity contribution is 9.10. The van der Waals surface area contributed by atoms with Crippen molar-refractivity contribution in [2.75, 3.05) is 0 Å². The van der Waals surface area contributed by atoms with Crippen molar-refractivity contribution in [3.8, 4) is 0 Å². The second-order valence-electron chi connectivity index (χ2n) is 4.33. The van der Waals surface area contributed by atoms with E-state index in [0.717, 1.165) is 20.9 Å². The van der Waals surface area contributed by atoms with Crippen LogP contribution in [0, 0.1) is 5.92 Å². The van der Waals surface area contributed by atoms with E-state index in [0.29, 0.717) is 0 Å². The van der Waals surface area contributed by atoms with Crippen molar-refractivity contribution in [2.24, 2.45) is 13.0 Å². The zero-order valence-corrected chi connectivity index (χ0v) is 11.2. The van der Waals surface area contributed by atoms with Gasteiger partial charge in [-0.25, -0.2) is 0 Å². The van der Waals surface area contributed by atoms with Gasteiger partial charge in [-0.3, -0.25) is 4.79 Å². The summed E-state index contributed by atoms with van der Waals surface area (Å²) < 4.78 is 3.00. The Morgan fingerprint density at radius 2 is 2.06 bits per heavy atom. The smallest absolute Gasteiger partial charge is 0.167 e. The summed E-state index contributed by atoms with van der Waals surface area (Å²) in [5.41, 5.74) is 1.90. The van der Waals surface area contributed by atoms with Crippen LogP contribution in [-0.4, -0.2) is 10.4 Å². The first-order valence-electron chi connectivity index (χ1n) is 5.29. The lowest BCUT2D eigenvalue weighted by Gasteiger charge is -2.02. The van der Waals surface area contributed by atoms with Gasteiger partial charge in [-0.05, 0) is 18.2 Å². The minimum Gasteiger partial charge on any atom is -0.350 e. The van der Waals surface area contributed by atoms with E-state index in [9.17, 15) is 4.79 Å². The number of nitrogens with zero attached hydrogens (tertiary/aromatic N) is 1. The fourth-order valence-corrected chi connectivity index (χ4v) is 2.23. The topological polar surface area (TPSA) is 22.0 Å². The molecule has 0 aliphatic carbocycles. The van der Waals surface area contributed by atoms with Crippen molar-refractivity contribution >= 4 is 32.6 Å². The number of aryl methyl sites for hydroxylation is 1. The van der Waals surface area contributed by atoms with Crippen LogP contribution in [0.2, 0.25) is 0 Å². The van der Waals surface area contributed by atoms with E-state index in [1.165, 1.54) is 0 Å². The molecule has 1 heterocycles. The van der Waals surface area contributed by atoms with Crippen LogP contribution in [-0.2, 0) is 7.05 Å². The molecule has 0 saturated heterocycles. The molecule has 2 nitrogen and oxygen atoms in total. The first-order chi connectivity index (χ1) is 7.50. The number of aromatic nitrogens is 1. The van der Waals surface area contributed by atoms with Gasteiger partial charge in [0, 0.05) is 40.1 Å². The minimum atomic E-state index is 0.0320. The molecule has 0 amide bonds. The largest absolute Gasteiger partial charge is 0.350 e. The Morgan fingerprint density at radius 1 is 1.38 bits per heavy atom. The highest BCUT2D eigenvalue weighted by Gasteiger charge is 2.16. The third-order valence-corrected chi connectivity index (χ3v) is 3.23. The van der Waals surface area contributed by atoms with Crippen molar-refractivity contribution < 1.29 is 4.79 Å². The van der Waals surface area contributed by atoms with E-state index >= 15 is 0 Å². The molecule has 2 rings (SSSR count). The standard InChI is InChI=1S/C13H14BrNO/c1-8(2)13(16)11-7-15(3)12-5-4-9(14)6-10(11)12/h4-8H,1-3H3. The highest BCUT2D eigenvalue weighted by atomic mass is 79.9. The molecular weight excluding hydrogens is 266 g/mol. The van der Waals surface area contributed by atoms with E-state index in [-0.39, 0.29) is 11.7 Å². The Hall–Kier alpha value is -1.09.